The van der Waals surface area contributed by atoms with Gasteiger partial charge in [-0.25, -0.2) is 0 Å². The fourth-order valence-electron chi connectivity index (χ4n) is 2.51. The normalized spacial score (nSPS) is 30.3. The number of ether oxygens (including phenoxy) is 1. The molecule has 18 heavy (non-hydrogen) atoms. The van der Waals surface area contributed by atoms with Crippen LogP contribution in [0.4, 0.5) is 0 Å². The molecule has 2 rings (SSSR count). The van der Waals surface area contributed by atoms with Gasteiger partial charge in [-0.1, -0.05) is 20.8 Å². The minimum absolute atomic E-state index is 0.0313. The predicted molar refractivity (Wildman–Crippen MR) is 66.9 cm³/mol. The zero-order valence-electron chi connectivity index (χ0n) is 11.4. The Kier molecular flexibility index (Phi) is 3.61. The molecule has 0 spiro atoms. The summed E-state index contributed by atoms with van der Waals surface area (Å²) in [5.74, 6) is -0.00598. The molecule has 0 aliphatic carbocycles. The highest BCUT2D eigenvalue weighted by Crippen LogP contribution is 2.25. The first-order chi connectivity index (χ1) is 8.39. The molecule has 1 N–H and O–H groups in total. The molecule has 2 amide bonds. The minimum atomic E-state index is -0.437. The number of nitrogens with one attached hydrogen (secondary N) is 1. The smallest absolute Gasteiger partial charge is 0.246 e. The molecule has 5 heteroatoms. The highest BCUT2D eigenvalue weighted by molar-refractivity contribution is 5.90. The Morgan fingerprint density at radius 1 is 1.33 bits per heavy atom. The van der Waals surface area contributed by atoms with Crippen LogP contribution >= 0.6 is 0 Å². The molecule has 102 valence electrons. The second-order valence-electron chi connectivity index (χ2n) is 6.17. The van der Waals surface area contributed by atoms with Crippen molar-refractivity contribution in [3.8, 4) is 0 Å². The Hall–Kier alpha value is -1.10. The maximum atomic E-state index is 12.6. The van der Waals surface area contributed by atoms with E-state index in [0.717, 1.165) is 6.42 Å². The van der Waals surface area contributed by atoms with Crippen molar-refractivity contribution in [3.63, 3.8) is 0 Å². The standard InChI is InChI=1S/C13H22N2O3/c1-13(2,3)11-12(17)15(6-4-10(16)14-11)9-5-7-18-8-9/h9,11H,4-8H2,1-3H3,(H,14,16). The van der Waals surface area contributed by atoms with Crippen LogP contribution in [0.25, 0.3) is 0 Å². The van der Waals surface area contributed by atoms with Crippen molar-refractivity contribution < 1.29 is 14.3 Å². The lowest BCUT2D eigenvalue weighted by Crippen LogP contribution is -2.54. The summed E-state index contributed by atoms with van der Waals surface area (Å²) < 4.78 is 5.35. The maximum Gasteiger partial charge on any atom is 0.246 e. The predicted octanol–water partition coefficient (Wildman–Crippen LogP) is 0.539. The van der Waals surface area contributed by atoms with Crippen molar-refractivity contribution >= 4 is 11.8 Å². The zero-order valence-corrected chi connectivity index (χ0v) is 11.4. The number of hydrogen-bond acceptors (Lipinski definition) is 3. The Balaban J connectivity index is 2.20. The molecule has 0 aromatic rings. The summed E-state index contributed by atoms with van der Waals surface area (Å²) in [6.45, 7) is 7.73. The molecule has 2 aliphatic rings. The molecular weight excluding hydrogens is 232 g/mol. The first-order valence-corrected chi connectivity index (χ1v) is 6.57. The van der Waals surface area contributed by atoms with Gasteiger partial charge in [0.25, 0.3) is 0 Å². The van der Waals surface area contributed by atoms with Crippen LogP contribution in [-0.4, -0.2) is 48.6 Å². The molecule has 2 atom stereocenters. The van der Waals surface area contributed by atoms with E-state index < -0.39 is 6.04 Å². The second-order valence-corrected chi connectivity index (χ2v) is 6.17. The van der Waals surface area contributed by atoms with Gasteiger partial charge in [-0.05, 0) is 11.8 Å². The van der Waals surface area contributed by atoms with E-state index in [1.54, 1.807) is 0 Å². The molecule has 0 saturated carbocycles. The number of carbonyl (C=O) groups is 2. The molecule has 0 bridgehead atoms. The lowest BCUT2D eigenvalue weighted by atomic mass is 9.85. The number of hydrogen-bond donors (Lipinski definition) is 1. The fourth-order valence-corrected chi connectivity index (χ4v) is 2.51. The molecular formula is C13H22N2O3. The van der Waals surface area contributed by atoms with Gasteiger partial charge in [0, 0.05) is 19.6 Å². The third-order valence-electron chi connectivity index (χ3n) is 3.63. The van der Waals surface area contributed by atoms with Gasteiger partial charge in [0.15, 0.2) is 0 Å². The van der Waals surface area contributed by atoms with Gasteiger partial charge in [0.05, 0.1) is 12.6 Å². The van der Waals surface area contributed by atoms with Crippen LogP contribution in [0.5, 0.6) is 0 Å². The topological polar surface area (TPSA) is 58.6 Å². The van der Waals surface area contributed by atoms with Crippen molar-refractivity contribution in [1.29, 1.82) is 0 Å². The van der Waals surface area contributed by atoms with E-state index >= 15 is 0 Å². The van der Waals surface area contributed by atoms with Gasteiger partial charge in [-0.2, -0.15) is 0 Å². The molecule has 2 unspecified atom stereocenters. The summed E-state index contributed by atoms with van der Waals surface area (Å²) in [5.41, 5.74) is -0.269. The van der Waals surface area contributed by atoms with Crippen molar-refractivity contribution in [2.75, 3.05) is 19.8 Å². The summed E-state index contributed by atoms with van der Waals surface area (Å²) >= 11 is 0. The van der Waals surface area contributed by atoms with E-state index in [4.69, 9.17) is 4.74 Å². The quantitative estimate of drug-likeness (QED) is 0.743. The molecule has 2 heterocycles. The first kappa shape index (κ1) is 13.3. The van der Waals surface area contributed by atoms with Crippen LogP contribution in [0.3, 0.4) is 0 Å². The van der Waals surface area contributed by atoms with Gasteiger partial charge in [0.1, 0.15) is 6.04 Å². The van der Waals surface area contributed by atoms with Gasteiger partial charge in [-0.15, -0.1) is 0 Å². The lowest BCUT2D eigenvalue weighted by molar-refractivity contribution is -0.138. The lowest BCUT2D eigenvalue weighted by Gasteiger charge is -2.34. The third kappa shape index (κ3) is 2.66. The van der Waals surface area contributed by atoms with Gasteiger partial charge >= 0.3 is 0 Å². The largest absolute Gasteiger partial charge is 0.379 e. The number of carbonyl (C=O) groups excluding carboxylic acids is 2. The zero-order chi connectivity index (χ0) is 13.3. The monoisotopic (exact) mass is 254 g/mol. The molecule has 0 aromatic heterocycles. The summed E-state index contributed by atoms with van der Waals surface area (Å²) in [6.07, 6.45) is 1.26. The van der Waals surface area contributed by atoms with Gasteiger partial charge < -0.3 is 15.0 Å². The summed E-state index contributed by atoms with van der Waals surface area (Å²) in [5, 5.41) is 2.85. The van der Waals surface area contributed by atoms with Crippen molar-refractivity contribution in [1.82, 2.24) is 10.2 Å². The maximum absolute atomic E-state index is 12.6. The first-order valence-electron chi connectivity index (χ1n) is 6.57. The van der Waals surface area contributed by atoms with Crippen LogP contribution in [0.15, 0.2) is 0 Å². The highest BCUT2D eigenvalue weighted by Gasteiger charge is 2.40. The molecule has 2 saturated heterocycles. The van der Waals surface area contributed by atoms with Crippen LogP contribution in [0.2, 0.25) is 0 Å². The van der Waals surface area contributed by atoms with E-state index in [0.29, 0.717) is 26.2 Å². The average Bonchev–Trinajstić information content (AvgIpc) is 2.73. The van der Waals surface area contributed by atoms with E-state index in [9.17, 15) is 9.59 Å². The highest BCUT2D eigenvalue weighted by atomic mass is 16.5. The average molecular weight is 254 g/mol. The summed E-state index contributed by atoms with van der Waals surface area (Å²) in [6, 6.07) is -0.303. The third-order valence-corrected chi connectivity index (χ3v) is 3.63. The van der Waals surface area contributed by atoms with Gasteiger partial charge in [-0.3, -0.25) is 9.59 Å². The number of nitrogens with zero attached hydrogens (tertiary/aromatic N) is 1. The van der Waals surface area contributed by atoms with Crippen molar-refractivity contribution in [2.45, 2.75) is 45.7 Å². The van der Waals surface area contributed by atoms with E-state index in [-0.39, 0.29) is 23.3 Å². The van der Waals surface area contributed by atoms with Crippen LogP contribution < -0.4 is 5.32 Å². The van der Waals surface area contributed by atoms with Gasteiger partial charge in [0.2, 0.25) is 11.8 Å². The number of amides is 2. The summed E-state index contributed by atoms with van der Waals surface area (Å²) in [7, 11) is 0. The number of rotatable bonds is 1. The molecule has 5 nitrogen and oxygen atoms in total. The van der Waals surface area contributed by atoms with E-state index in [1.165, 1.54) is 0 Å². The van der Waals surface area contributed by atoms with E-state index in [2.05, 4.69) is 5.32 Å². The fraction of sp³-hybridized carbons (Fsp3) is 0.846. The Morgan fingerprint density at radius 2 is 2.06 bits per heavy atom. The van der Waals surface area contributed by atoms with Crippen molar-refractivity contribution in [3.05, 3.63) is 0 Å². The minimum Gasteiger partial charge on any atom is -0.379 e. The Labute approximate surface area is 108 Å². The Morgan fingerprint density at radius 3 is 2.61 bits per heavy atom. The van der Waals surface area contributed by atoms with E-state index in [1.807, 2.05) is 25.7 Å². The molecule has 0 radical (unpaired) electrons. The molecule has 0 aromatic carbocycles. The summed E-state index contributed by atoms with van der Waals surface area (Å²) in [4.78, 5) is 26.1. The van der Waals surface area contributed by atoms with Crippen LogP contribution in [-0.2, 0) is 14.3 Å². The second kappa shape index (κ2) is 4.88. The van der Waals surface area contributed by atoms with Crippen LogP contribution in [0, 0.1) is 5.41 Å². The SMILES string of the molecule is CC(C)(C)C1NC(=O)CCN(C2CCOC2)C1=O. The molecule has 2 aliphatic heterocycles. The molecule has 2 fully saturated rings. The Bertz CT molecular complexity index is 343. The van der Waals surface area contributed by atoms with Crippen molar-refractivity contribution in [2.24, 2.45) is 5.41 Å². The van der Waals surface area contributed by atoms with Crippen LogP contribution in [0.1, 0.15) is 33.6 Å².